The topological polar surface area (TPSA) is 88.1 Å². The van der Waals surface area contributed by atoms with Crippen molar-refractivity contribution >= 4 is 17.6 Å². The summed E-state index contributed by atoms with van der Waals surface area (Å²) in [6.07, 6.45) is 0.615. The molecule has 0 spiro atoms. The summed E-state index contributed by atoms with van der Waals surface area (Å²) in [5.74, 6) is 1.13. The number of nitrogens with zero attached hydrogens (tertiary/aromatic N) is 5. The molecular weight excluding hydrogens is 386 g/mol. The molecule has 2 aromatic rings. The molecule has 2 aliphatic rings. The van der Waals surface area contributed by atoms with Gasteiger partial charge < -0.3 is 19.3 Å². The number of benzene rings is 1. The number of aryl methyl sites for hydroxylation is 1. The Balaban J connectivity index is 1.29. The lowest BCUT2D eigenvalue weighted by molar-refractivity contribution is -0.130. The van der Waals surface area contributed by atoms with Crippen LogP contribution in [-0.4, -0.2) is 77.9 Å². The minimum absolute atomic E-state index is 0.0685. The van der Waals surface area contributed by atoms with Gasteiger partial charge in [-0.2, -0.15) is 5.10 Å². The maximum Gasteiger partial charge on any atom is 0.325 e. The highest BCUT2D eigenvalue weighted by Crippen LogP contribution is 2.23. The molecule has 0 aliphatic carbocycles. The third kappa shape index (κ3) is 4.29. The maximum atomic E-state index is 12.8. The Morgan fingerprint density at radius 3 is 2.60 bits per heavy atom. The number of ether oxygens (including phenoxy) is 2. The van der Waals surface area contributed by atoms with Gasteiger partial charge in [-0.25, -0.2) is 4.79 Å². The molecule has 30 heavy (non-hydrogen) atoms. The summed E-state index contributed by atoms with van der Waals surface area (Å²) in [4.78, 5) is 30.5. The molecule has 1 atom stereocenters. The van der Waals surface area contributed by atoms with Crippen LogP contribution in [0.15, 0.2) is 36.4 Å². The second-order valence-electron chi connectivity index (χ2n) is 7.44. The van der Waals surface area contributed by atoms with Crippen LogP contribution in [-0.2, 0) is 4.79 Å². The first-order valence-electron chi connectivity index (χ1n) is 9.99. The molecular formula is C21H25N5O4. The Morgan fingerprint density at radius 1 is 1.10 bits per heavy atom. The molecule has 0 bridgehead atoms. The fraction of sp³-hybridized carbons (Fsp3) is 0.429. The van der Waals surface area contributed by atoms with E-state index in [1.54, 1.807) is 27.9 Å². The summed E-state index contributed by atoms with van der Waals surface area (Å²) in [7, 11) is 1.60. The minimum atomic E-state index is -0.157. The van der Waals surface area contributed by atoms with Gasteiger partial charge in [-0.1, -0.05) is 0 Å². The highest BCUT2D eigenvalue weighted by Gasteiger charge is 2.34. The van der Waals surface area contributed by atoms with E-state index in [0.717, 1.165) is 23.6 Å². The molecule has 0 radical (unpaired) electrons. The van der Waals surface area contributed by atoms with Crippen molar-refractivity contribution in [3.05, 3.63) is 42.1 Å². The molecule has 0 saturated carbocycles. The number of rotatable bonds is 6. The van der Waals surface area contributed by atoms with Gasteiger partial charge in [0.2, 0.25) is 11.8 Å². The summed E-state index contributed by atoms with van der Waals surface area (Å²) >= 11 is 0. The number of carbonyl (C=O) groups is 2. The number of aromatic nitrogens is 2. The van der Waals surface area contributed by atoms with Crippen LogP contribution >= 0.6 is 0 Å². The van der Waals surface area contributed by atoms with E-state index in [9.17, 15) is 9.59 Å². The normalized spacial score (nSPS) is 18.8. The van der Waals surface area contributed by atoms with Crippen LogP contribution in [0, 0.1) is 6.92 Å². The predicted octanol–water partition coefficient (Wildman–Crippen LogP) is 1.72. The quantitative estimate of drug-likeness (QED) is 0.719. The first-order chi connectivity index (χ1) is 14.5. The predicted molar refractivity (Wildman–Crippen MR) is 110 cm³/mol. The summed E-state index contributed by atoms with van der Waals surface area (Å²) in [5.41, 5.74) is 1.62. The van der Waals surface area contributed by atoms with E-state index in [2.05, 4.69) is 10.2 Å². The fourth-order valence-electron chi connectivity index (χ4n) is 3.67. The molecule has 9 heteroatoms. The summed E-state index contributed by atoms with van der Waals surface area (Å²) in [5, 5.41) is 7.99. The molecule has 1 unspecified atom stereocenters. The molecule has 2 saturated heterocycles. The monoisotopic (exact) mass is 411 g/mol. The van der Waals surface area contributed by atoms with Gasteiger partial charge in [-0.15, -0.1) is 5.10 Å². The number of methoxy groups -OCH3 is 1. The largest absolute Gasteiger partial charge is 0.497 e. The highest BCUT2D eigenvalue weighted by molar-refractivity contribution is 5.96. The molecule has 0 N–H and O–H groups in total. The van der Waals surface area contributed by atoms with E-state index >= 15 is 0 Å². The molecule has 3 heterocycles. The van der Waals surface area contributed by atoms with Gasteiger partial charge in [0, 0.05) is 37.8 Å². The number of amides is 3. The fourth-order valence-corrected chi connectivity index (χ4v) is 3.67. The van der Waals surface area contributed by atoms with Gasteiger partial charge in [0.1, 0.15) is 18.4 Å². The van der Waals surface area contributed by atoms with Gasteiger partial charge in [0.05, 0.1) is 19.3 Å². The number of likely N-dealkylation sites (tertiary alicyclic amines) is 1. The zero-order valence-corrected chi connectivity index (χ0v) is 17.2. The van der Waals surface area contributed by atoms with E-state index in [1.807, 2.05) is 37.3 Å². The lowest BCUT2D eigenvalue weighted by Crippen LogP contribution is -2.42. The van der Waals surface area contributed by atoms with Gasteiger partial charge >= 0.3 is 6.03 Å². The average Bonchev–Trinajstić information content (AvgIpc) is 3.37. The van der Waals surface area contributed by atoms with Crippen LogP contribution in [0.4, 0.5) is 10.5 Å². The van der Waals surface area contributed by atoms with Gasteiger partial charge in [0.15, 0.2) is 0 Å². The van der Waals surface area contributed by atoms with E-state index < -0.39 is 0 Å². The van der Waals surface area contributed by atoms with Crippen LogP contribution in [0.2, 0.25) is 0 Å². The zero-order valence-electron chi connectivity index (χ0n) is 17.2. The number of hydrogen-bond acceptors (Lipinski definition) is 6. The highest BCUT2D eigenvalue weighted by atomic mass is 16.5. The van der Waals surface area contributed by atoms with Crippen LogP contribution < -0.4 is 14.4 Å². The van der Waals surface area contributed by atoms with E-state index in [0.29, 0.717) is 32.1 Å². The number of hydrogen-bond donors (Lipinski definition) is 0. The summed E-state index contributed by atoms with van der Waals surface area (Å²) in [6, 6.07) is 10.8. The third-order valence-electron chi connectivity index (χ3n) is 5.36. The van der Waals surface area contributed by atoms with E-state index in [-0.39, 0.29) is 24.6 Å². The molecule has 2 aliphatic heterocycles. The third-order valence-corrected chi connectivity index (χ3v) is 5.36. The molecule has 2 fully saturated rings. The van der Waals surface area contributed by atoms with E-state index in [4.69, 9.17) is 9.47 Å². The average molecular weight is 411 g/mol. The van der Waals surface area contributed by atoms with Gasteiger partial charge in [-0.05, 0) is 37.3 Å². The number of anilines is 1. The first kappa shape index (κ1) is 19.9. The van der Waals surface area contributed by atoms with Crippen LogP contribution in [0.1, 0.15) is 12.1 Å². The van der Waals surface area contributed by atoms with Crippen molar-refractivity contribution in [3.63, 3.8) is 0 Å². The molecule has 3 amide bonds. The minimum Gasteiger partial charge on any atom is -0.497 e. The molecule has 1 aromatic carbocycles. The van der Waals surface area contributed by atoms with E-state index in [1.165, 1.54) is 0 Å². The van der Waals surface area contributed by atoms with Crippen molar-refractivity contribution < 1.29 is 19.1 Å². The number of carbonyl (C=O) groups excluding carboxylic acids is 2. The smallest absolute Gasteiger partial charge is 0.325 e. The van der Waals surface area contributed by atoms with Crippen molar-refractivity contribution in [1.82, 2.24) is 20.0 Å². The second kappa shape index (κ2) is 8.56. The maximum absolute atomic E-state index is 12.8. The summed E-state index contributed by atoms with van der Waals surface area (Å²) < 4.78 is 11.0. The van der Waals surface area contributed by atoms with Crippen molar-refractivity contribution in [1.29, 1.82) is 0 Å². The molecule has 158 valence electrons. The molecule has 1 aromatic heterocycles. The Hall–Kier alpha value is -3.36. The Morgan fingerprint density at radius 2 is 1.90 bits per heavy atom. The molecule has 4 rings (SSSR count). The van der Waals surface area contributed by atoms with Crippen molar-refractivity contribution in [2.24, 2.45) is 0 Å². The standard InChI is InChI=1S/C21H25N5O4/c1-15-3-8-19(23-22-15)30-18-9-10-24(13-18)20(27)14-25-11-12-26(21(25)28)16-4-6-17(29-2)7-5-16/h3-8,18H,9-14H2,1-2H3. The van der Waals surface area contributed by atoms with Crippen molar-refractivity contribution in [2.75, 3.05) is 44.7 Å². The Bertz CT molecular complexity index is 903. The SMILES string of the molecule is COc1ccc(N2CCN(CC(=O)N3CCC(Oc4ccc(C)nn4)C3)C2=O)cc1. The van der Waals surface area contributed by atoms with Crippen molar-refractivity contribution in [2.45, 2.75) is 19.4 Å². The van der Waals surface area contributed by atoms with Crippen LogP contribution in [0.3, 0.4) is 0 Å². The summed E-state index contributed by atoms with van der Waals surface area (Å²) in [6.45, 7) is 4.09. The lowest BCUT2D eigenvalue weighted by atomic mass is 10.3. The van der Waals surface area contributed by atoms with Gasteiger partial charge in [-0.3, -0.25) is 9.69 Å². The number of urea groups is 1. The Labute approximate surface area is 175 Å². The van der Waals surface area contributed by atoms with Crippen LogP contribution in [0.5, 0.6) is 11.6 Å². The second-order valence-corrected chi connectivity index (χ2v) is 7.44. The zero-order chi connectivity index (χ0) is 21.1. The first-order valence-corrected chi connectivity index (χ1v) is 9.99. The Kier molecular flexibility index (Phi) is 5.69. The lowest BCUT2D eigenvalue weighted by Gasteiger charge is -2.22. The van der Waals surface area contributed by atoms with Gasteiger partial charge in [0.25, 0.3) is 0 Å². The molecule has 9 nitrogen and oxygen atoms in total. The van der Waals surface area contributed by atoms with Crippen LogP contribution in [0.25, 0.3) is 0 Å². The van der Waals surface area contributed by atoms with Crippen molar-refractivity contribution in [3.8, 4) is 11.6 Å².